The molecule has 82 valence electrons. The second-order valence-corrected chi connectivity index (χ2v) is 3.58. The number of pyridine rings is 1. The largest absolute Gasteiger partial charge is 0.399 e. The van der Waals surface area contributed by atoms with Crippen molar-refractivity contribution in [3.63, 3.8) is 0 Å². The maximum atomic E-state index is 13.1. The van der Waals surface area contributed by atoms with Crippen molar-refractivity contribution in [2.75, 3.05) is 5.73 Å². The molecule has 0 spiro atoms. The van der Waals surface area contributed by atoms with Crippen molar-refractivity contribution in [1.82, 2.24) is 4.57 Å². The van der Waals surface area contributed by atoms with E-state index in [2.05, 4.69) is 0 Å². The topological polar surface area (TPSA) is 48.0 Å². The highest BCUT2D eigenvalue weighted by Crippen LogP contribution is 2.19. The van der Waals surface area contributed by atoms with Crippen molar-refractivity contribution >= 4 is 5.69 Å². The average Bonchev–Trinajstić information content (AvgIpc) is 2.23. The summed E-state index contributed by atoms with van der Waals surface area (Å²) in [6.07, 6.45) is 0. The molecule has 0 amide bonds. The zero-order valence-corrected chi connectivity index (χ0v) is 8.77. The van der Waals surface area contributed by atoms with E-state index in [1.807, 2.05) is 0 Å². The van der Waals surface area contributed by atoms with Crippen LogP contribution in [0.25, 0.3) is 11.3 Å². The van der Waals surface area contributed by atoms with E-state index in [4.69, 9.17) is 5.73 Å². The molecule has 3 nitrogen and oxygen atoms in total. The molecule has 1 aromatic heterocycles. The number of hydrogen-bond donors (Lipinski definition) is 1. The fourth-order valence-electron chi connectivity index (χ4n) is 1.58. The molecule has 2 aromatic rings. The first-order valence-electron chi connectivity index (χ1n) is 4.80. The van der Waals surface area contributed by atoms with Crippen LogP contribution in [0.1, 0.15) is 0 Å². The molecule has 4 heteroatoms. The zero-order valence-electron chi connectivity index (χ0n) is 8.77. The Labute approximate surface area is 92.0 Å². The molecule has 2 N–H and O–H groups in total. The first-order chi connectivity index (χ1) is 7.58. The summed E-state index contributed by atoms with van der Waals surface area (Å²) in [6, 6.07) is 9.04. The zero-order chi connectivity index (χ0) is 11.7. The number of aromatic nitrogens is 1. The van der Waals surface area contributed by atoms with Gasteiger partial charge in [0.2, 0.25) is 0 Å². The lowest BCUT2D eigenvalue weighted by Gasteiger charge is -2.08. The predicted molar refractivity (Wildman–Crippen MR) is 61.5 cm³/mol. The van der Waals surface area contributed by atoms with Gasteiger partial charge in [-0.25, -0.2) is 4.39 Å². The lowest BCUT2D eigenvalue weighted by atomic mass is 10.1. The van der Waals surface area contributed by atoms with Gasteiger partial charge in [0.05, 0.1) is 5.69 Å². The fraction of sp³-hybridized carbons (Fsp3) is 0.0833. The van der Waals surface area contributed by atoms with Gasteiger partial charge in [-0.3, -0.25) is 4.79 Å². The summed E-state index contributed by atoms with van der Waals surface area (Å²) in [6.45, 7) is 0. The minimum atomic E-state index is -0.340. The van der Waals surface area contributed by atoms with E-state index in [0.29, 0.717) is 16.9 Å². The molecule has 0 bridgehead atoms. The molecular weight excluding hydrogens is 207 g/mol. The van der Waals surface area contributed by atoms with Crippen LogP contribution >= 0.6 is 0 Å². The third-order valence-electron chi connectivity index (χ3n) is 2.41. The Bertz CT molecular complexity index is 590. The molecule has 0 atom stereocenters. The van der Waals surface area contributed by atoms with Crippen molar-refractivity contribution < 1.29 is 4.39 Å². The third kappa shape index (κ3) is 1.82. The summed E-state index contributed by atoms with van der Waals surface area (Å²) in [7, 11) is 1.63. The van der Waals surface area contributed by atoms with E-state index in [1.54, 1.807) is 25.2 Å². The molecule has 0 fully saturated rings. The second-order valence-electron chi connectivity index (χ2n) is 3.58. The van der Waals surface area contributed by atoms with Gasteiger partial charge < -0.3 is 10.3 Å². The quantitative estimate of drug-likeness (QED) is 0.793. The fourth-order valence-corrected chi connectivity index (χ4v) is 1.58. The van der Waals surface area contributed by atoms with Crippen LogP contribution < -0.4 is 11.3 Å². The number of halogens is 1. The van der Waals surface area contributed by atoms with Gasteiger partial charge in [-0.05, 0) is 18.2 Å². The highest BCUT2D eigenvalue weighted by molar-refractivity contribution is 5.63. The predicted octanol–water partition coefficient (Wildman–Crippen LogP) is 1.77. The first kappa shape index (κ1) is 10.4. The normalized spacial score (nSPS) is 10.4. The highest BCUT2D eigenvalue weighted by atomic mass is 19.1. The number of nitrogen functional groups attached to an aromatic ring is 1. The van der Waals surface area contributed by atoms with E-state index in [-0.39, 0.29) is 11.4 Å². The number of anilines is 1. The van der Waals surface area contributed by atoms with Crippen LogP contribution in [0.5, 0.6) is 0 Å². The lowest BCUT2D eigenvalue weighted by molar-refractivity contribution is 0.628. The molecule has 1 heterocycles. The van der Waals surface area contributed by atoms with E-state index in [9.17, 15) is 9.18 Å². The molecular formula is C12H11FN2O. The Balaban J connectivity index is 2.69. The van der Waals surface area contributed by atoms with Crippen LogP contribution in [0.2, 0.25) is 0 Å². The number of hydrogen-bond acceptors (Lipinski definition) is 2. The van der Waals surface area contributed by atoms with Crippen LogP contribution in [0.15, 0.2) is 41.2 Å². The monoisotopic (exact) mass is 218 g/mol. The smallest absolute Gasteiger partial charge is 0.252 e. The molecule has 0 aliphatic carbocycles. The van der Waals surface area contributed by atoms with Gasteiger partial charge in [-0.2, -0.15) is 0 Å². The van der Waals surface area contributed by atoms with Gasteiger partial charge in [-0.15, -0.1) is 0 Å². The van der Waals surface area contributed by atoms with Crippen molar-refractivity contribution in [2.24, 2.45) is 7.05 Å². The lowest BCUT2D eigenvalue weighted by Crippen LogP contribution is -2.18. The molecule has 16 heavy (non-hydrogen) atoms. The van der Waals surface area contributed by atoms with Crippen LogP contribution in [-0.4, -0.2) is 4.57 Å². The summed E-state index contributed by atoms with van der Waals surface area (Å²) in [4.78, 5) is 11.5. The summed E-state index contributed by atoms with van der Waals surface area (Å²) in [5.41, 5.74) is 7.00. The van der Waals surface area contributed by atoms with Crippen LogP contribution in [-0.2, 0) is 7.05 Å². The number of rotatable bonds is 1. The van der Waals surface area contributed by atoms with Crippen molar-refractivity contribution in [1.29, 1.82) is 0 Å². The SMILES string of the molecule is Cn1c(-c2cccc(F)c2)cc(N)cc1=O. The van der Waals surface area contributed by atoms with Gasteiger partial charge in [-0.1, -0.05) is 12.1 Å². The maximum absolute atomic E-state index is 13.1. The Kier molecular flexibility index (Phi) is 2.48. The van der Waals surface area contributed by atoms with E-state index in [0.717, 1.165) is 0 Å². The minimum absolute atomic E-state index is 0.209. The molecule has 0 aliphatic rings. The average molecular weight is 218 g/mol. The van der Waals surface area contributed by atoms with Gasteiger partial charge in [0.25, 0.3) is 5.56 Å². The molecule has 0 saturated heterocycles. The minimum Gasteiger partial charge on any atom is -0.399 e. The van der Waals surface area contributed by atoms with Gasteiger partial charge in [0.1, 0.15) is 5.82 Å². The summed E-state index contributed by atoms with van der Waals surface area (Å²) in [5.74, 6) is -0.340. The van der Waals surface area contributed by atoms with Gasteiger partial charge in [0.15, 0.2) is 0 Å². The van der Waals surface area contributed by atoms with Crippen LogP contribution in [0, 0.1) is 5.82 Å². The summed E-state index contributed by atoms with van der Waals surface area (Å²) in [5, 5.41) is 0. The molecule has 0 radical (unpaired) electrons. The Morgan fingerprint density at radius 2 is 2.00 bits per heavy atom. The summed E-state index contributed by atoms with van der Waals surface area (Å²) < 4.78 is 14.5. The van der Waals surface area contributed by atoms with Gasteiger partial charge in [0, 0.05) is 24.4 Å². The van der Waals surface area contributed by atoms with E-state index in [1.165, 1.54) is 22.8 Å². The molecule has 0 aliphatic heterocycles. The van der Waals surface area contributed by atoms with Crippen molar-refractivity contribution in [2.45, 2.75) is 0 Å². The van der Waals surface area contributed by atoms with Crippen LogP contribution in [0.3, 0.4) is 0 Å². The Morgan fingerprint density at radius 1 is 1.25 bits per heavy atom. The maximum Gasteiger partial charge on any atom is 0.252 e. The molecule has 2 rings (SSSR count). The standard InChI is InChI=1S/C12H11FN2O/c1-15-11(6-10(14)7-12(15)16)8-3-2-4-9(13)5-8/h2-7H,14H2,1H3. The third-order valence-corrected chi connectivity index (χ3v) is 2.41. The molecule has 1 aromatic carbocycles. The summed E-state index contributed by atoms with van der Waals surface area (Å²) >= 11 is 0. The van der Waals surface area contributed by atoms with Crippen molar-refractivity contribution in [3.05, 3.63) is 52.6 Å². The Hall–Kier alpha value is -2.10. The number of benzene rings is 1. The first-order valence-corrected chi connectivity index (χ1v) is 4.80. The number of nitrogens with zero attached hydrogens (tertiary/aromatic N) is 1. The Morgan fingerprint density at radius 3 is 2.69 bits per heavy atom. The van der Waals surface area contributed by atoms with Crippen molar-refractivity contribution in [3.8, 4) is 11.3 Å². The van der Waals surface area contributed by atoms with E-state index < -0.39 is 0 Å². The van der Waals surface area contributed by atoms with E-state index >= 15 is 0 Å². The second kappa shape index (κ2) is 3.81. The highest BCUT2D eigenvalue weighted by Gasteiger charge is 2.05. The number of nitrogens with two attached hydrogens (primary N) is 1. The molecule has 0 saturated carbocycles. The van der Waals surface area contributed by atoms with Crippen LogP contribution in [0.4, 0.5) is 10.1 Å². The molecule has 0 unspecified atom stereocenters. The van der Waals surface area contributed by atoms with Gasteiger partial charge >= 0.3 is 0 Å².